The quantitative estimate of drug-likeness (QED) is 0.641. The van der Waals surface area contributed by atoms with Gasteiger partial charge >= 0.3 is 0 Å². The molecule has 2 heteroatoms. The number of rotatable bonds is 5. The van der Waals surface area contributed by atoms with Gasteiger partial charge in [-0.05, 0) is 35.6 Å². The predicted octanol–water partition coefficient (Wildman–Crippen LogP) is 5.47. The Labute approximate surface area is 125 Å². The van der Waals surface area contributed by atoms with E-state index in [0.717, 1.165) is 23.4 Å². The third-order valence-electron chi connectivity index (χ3n) is 3.44. The van der Waals surface area contributed by atoms with E-state index in [4.69, 9.17) is 23.2 Å². The fraction of sp³-hybridized carbons (Fsp3) is 0.294. The minimum Gasteiger partial charge on any atom is -0.126 e. The maximum Gasteiger partial charge on any atom is 0.0441 e. The summed E-state index contributed by atoms with van der Waals surface area (Å²) in [7, 11) is 0. The van der Waals surface area contributed by atoms with Gasteiger partial charge in [0.15, 0.2) is 0 Å². The maximum absolute atomic E-state index is 6.25. The lowest BCUT2D eigenvalue weighted by Crippen LogP contribution is -2.05. The van der Waals surface area contributed by atoms with E-state index in [-0.39, 0.29) is 5.92 Å². The molecule has 0 fully saturated rings. The number of benzene rings is 2. The van der Waals surface area contributed by atoms with Gasteiger partial charge in [-0.15, -0.1) is 11.6 Å². The predicted molar refractivity (Wildman–Crippen MR) is 84.4 cm³/mol. The Kier molecular flexibility index (Phi) is 5.30. The van der Waals surface area contributed by atoms with Gasteiger partial charge in [0.05, 0.1) is 0 Å². The van der Waals surface area contributed by atoms with Crippen LogP contribution in [0, 0.1) is 0 Å². The summed E-state index contributed by atoms with van der Waals surface area (Å²) in [5, 5.41) is 0.804. The average molecular weight is 293 g/mol. The van der Waals surface area contributed by atoms with Gasteiger partial charge in [0.2, 0.25) is 0 Å². The Morgan fingerprint density at radius 2 is 1.58 bits per heavy atom. The fourth-order valence-electron chi connectivity index (χ4n) is 2.25. The van der Waals surface area contributed by atoms with Gasteiger partial charge in [-0.2, -0.15) is 0 Å². The monoisotopic (exact) mass is 292 g/mol. The molecule has 2 aromatic carbocycles. The molecule has 0 aliphatic rings. The molecule has 1 atom stereocenters. The molecular formula is C17H18Cl2. The molecule has 2 aromatic rings. The molecule has 0 nitrogen and oxygen atoms in total. The van der Waals surface area contributed by atoms with Crippen LogP contribution in [0.2, 0.25) is 5.02 Å². The molecule has 0 N–H and O–H groups in total. The molecule has 0 heterocycles. The minimum absolute atomic E-state index is 0.267. The van der Waals surface area contributed by atoms with Crippen LogP contribution < -0.4 is 0 Å². The molecule has 0 aliphatic heterocycles. The molecule has 0 saturated heterocycles. The van der Waals surface area contributed by atoms with Crippen molar-refractivity contribution in [1.82, 2.24) is 0 Å². The first-order valence-electron chi connectivity index (χ1n) is 6.62. The van der Waals surface area contributed by atoms with Crippen molar-refractivity contribution in [2.75, 3.05) is 5.88 Å². The first-order chi connectivity index (χ1) is 9.24. The van der Waals surface area contributed by atoms with Crippen molar-refractivity contribution in [2.24, 2.45) is 0 Å². The van der Waals surface area contributed by atoms with Crippen molar-refractivity contribution in [2.45, 2.75) is 25.7 Å². The standard InChI is InChI=1S/C17H18Cl2/c1-2-13-7-9-14(10-8-13)11-15(12-18)16-5-3-4-6-17(16)19/h3-10,15H,2,11-12H2,1H3. The van der Waals surface area contributed by atoms with Crippen molar-refractivity contribution in [1.29, 1.82) is 0 Å². The summed E-state index contributed by atoms with van der Waals surface area (Å²) in [6, 6.07) is 16.7. The zero-order valence-corrected chi connectivity index (χ0v) is 12.6. The smallest absolute Gasteiger partial charge is 0.0441 e. The number of hydrogen-bond donors (Lipinski definition) is 0. The van der Waals surface area contributed by atoms with Crippen molar-refractivity contribution < 1.29 is 0 Å². The lowest BCUT2D eigenvalue weighted by molar-refractivity contribution is 0.766. The molecule has 1 unspecified atom stereocenters. The van der Waals surface area contributed by atoms with Crippen LogP contribution in [0.3, 0.4) is 0 Å². The van der Waals surface area contributed by atoms with Gasteiger partial charge < -0.3 is 0 Å². The van der Waals surface area contributed by atoms with Crippen molar-refractivity contribution >= 4 is 23.2 Å². The molecule has 100 valence electrons. The van der Waals surface area contributed by atoms with E-state index in [1.54, 1.807) is 0 Å². The average Bonchev–Trinajstić information content (AvgIpc) is 2.46. The fourth-order valence-corrected chi connectivity index (χ4v) is 2.81. The van der Waals surface area contributed by atoms with Crippen molar-refractivity contribution in [3.63, 3.8) is 0 Å². The molecule has 0 spiro atoms. The maximum atomic E-state index is 6.25. The van der Waals surface area contributed by atoms with Crippen LogP contribution in [0.25, 0.3) is 0 Å². The van der Waals surface area contributed by atoms with E-state index in [2.05, 4.69) is 37.3 Å². The zero-order valence-electron chi connectivity index (χ0n) is 11.1. The number of hydrogen-bond acceptors (Lipinski definition) is 0. The number of alkyl halides is 1. The van der Waals surface area contributed by atoms with Gasteiger partial charge in [0.1, 0.15) is 0 Å². The van der Waals surface area contributed by atoms with E-state index in [9.17, 15) is 0 Å². The van der Waals surface area contributed by atoms with Crippen LogP contribution in [-0.2, 0) is 12.8 Å². The Hall–Kier alpha value is -0.980. The molecule has 0 amide bonds. The van der Waals surface area contributed by atoms with Crippen LogP contribution in [-0.4, -0.2) is 5.88 Å². The Morgan fingerprint density at radius 1 is 0.947 bits per heavy atom. The SMILES string of the molecule is CCc1ccc(CC(CCl)c2ccccc2Cl)cc1. The van der Waals surface area contributed by atoms with Crippen molar-refractivity contribution in [3.8, 4) is 0 Å². The largest absolute Gasteiger partial charge is 0.126 e. The van der Waals surface area contributed by atoms with Crippen molar-refractivity contribution in [3.05, 3.63) is 70.2 Å². The summed E-state index contributed by atoms with van der Waals surface area (Å²) in [5.74, 6) is 0.849. The van der Waals surface area contributed by atoms with Crippen LogP contribution in [0.1, 0.15) is 29.5 Å². The molecule has 0 radical (unpaired) electrons. The third kappa shape index (κ3) is 3.75. The van der Waals surface area contributed by atoms with Crippen LogP contribution in [0.15, 0.2) is 48.5 Å². The first-order valence-corrected chi connectivity index (χ1v) is 7.54. The highest BCUT2D eigenvalue weighted by Gasteiger charge is 2.14. The van der Waals surface area contributed by atoms with E-state index in [0.29, 0.717) is 5.88 Å². The molecule has 0 saturated carbocycles. The van der Waals surface area contributed by atoms with Crippen LogP contribution >= 0.6 is 23.2 Å². The van der Waals surface area contributed by atoms with Crippen LogP contribution in [0.5, 0.6) is 0 Å². The second-order valence-electron chi connectivity index (χ2n) is 4.75. The summed E-state index contributed by atoms with van der Waals surface area (Å²) >= 11 is 12.4. The van der Waals surface area contributed by atoms with Gasteiger partial charge in [-0.3, -0.25) is 0 Å². The Morgan fingerprint density at radius 3 is 2.16 bits per heavy atom. The van der Waals surface area contributed by atoms with Gasteiger partial charge in [0, 0.05) is 16.8 Å². The van der Waals surface area contributed by atoms with Gasteiger partial charge in [-0.1, -0.05) is 61.0 Å². The Bertz CT molecular complexity index is 517. The second-order valence-corrected chi connectivity index (χ2v) is 5.46. The number of halogens is 2. The first kappa shape index (κ1) is 14.4. The molecule has 0 bridgehead atoms. The summed E-state index contributed by atoms with van der Waals surface area (Å²) in [4.78, 5) is 0. The highest BCUT2D eigenvalue weighted by atomic mass is 35.5. The lowest BCUT2D eigenvalue weighted by atomic mass is 9.93. The second kappa shape index (κ2) is 6.98. The highest BCUT2D eigenvalue weighted by Crippen LogP contribution is 2.28. The lowest BCUT2D eigenvalue weighted by Gasteiger charge is -2.16. The van der Waals surface area contributed by atoms with E-state index < -0.39 is 0 Å². The molecule has 19 heavy (non-hydrogen) atoms. The van der Waals surface area contributed by atoms with E-state index in [1.165, 1.54) is 11.1 Å². The number of aryl methyl sites for hydroxylation is 1. The topological polar surface area (TPSA) is 0 Å². The summed E-state index contributed by atoms with van der Waals surface area (Å²) in [6.45, 7) is 2.17. The van der Waals surface area contributed by atoms with E-state index in [1.807, 2.05) is 18.2 Å². The third-order valence-corrected chi connectivity index (χ3v) is 4.16. The highest BCUT2D eigenvalue weighted by molar-refractivity contribution is 6.31. The molecule has 0 aromatic heterocycles. The summed E-state index contributed by atoms with van der Waals surface area (Å²) in [6.07, 6.45) is 2.00. The van der Waals surface area contributed by atoms with Crippen LogP contribution in [0.4, 0.5) is 0 Å². The summed E-state index contributed by atoms with van der Waals surface area (Å²) < 4.78 is 0. The van der Waals surface area contributed by atoms with Gasteiger partial charge in [0.25, 0.3) is 0 Å². The summed E-state index contributed by atoms with van der Waals surface area (Å²) in [5.41, 5.74) is 3.81. The molecular weight excluding hydrogens is 275 g/mol. The normalized spacial score (nSPS) is 12.4. The minimum atomic E-state index is 0.267. The Balaban J connectivity index is 2.17. The molecule has 0 aliphatic carbocycles. The zero-order chi connectivity index (χ0) is 13.7. The van der Waals surface area contributed by atoms with Gasteiger partial charge in [-0.25, -0.2) is 0 Å². The van der Waals surface area contributed by atoms with E-state index >= 15 is 0 Å². The molecule has 2 rings (SSSR count).